The van der Waals surface area contributed by atoms with Crippen LogP contribution in [0.1, 0.15) is 18.1 Å². The van der Waals surface area contributed by atoms with E-state index < -0.39 is 0 Å². The Labute approximate surface area is 125 Å². The van der Waals surface area contributed by atoms with E-state index >= 15 is 0 Å². The predicted molar refractivity (Wildman–Crippen MR) is 81.2 cm³/mol. The van der Waals surface area contributed by atoms with Crippen molar-refractivity contribution in [3.63, 3.8) is 0 Å². The Morgan fingerprint density at radius 2 is 1.62 bits per heavy atom. The van der Waals surface area contributed by atoms with Gasteiger partial charge in [0.05, 0.1) is 19.8 Å². The zero-order valence-corrected chi connectivity index (χ0v) is 12.2. The molecule has 1 aliphatic heterocycles. The van der Waals surface area contributed by atoms with Gasteiger partial charge in [-0.2, -0.15) is 0 Å². The van der Waals surface area contributed by atoms with Crippen molar-refractivity contribution in [3.8, 4) is 5.75 Å². The van der Waals surface area contributed by atoms with Crippen LogP contribution in [0.25, 0.3) is 0 Å². The molecule has 2 aromatic rings. The molecule has 0 radical (unpaired) electrons. The van der Waals surface area contributed by atoms with Crippen LogP contribution in [0.2, 0.25) is 0 Å². The summed E-state index contributed by atoms with van der Waals surface area (Å²) in [6.45, 7) is 4.72. The normalized spacial score (nSPS) is 20.2. The van der Waals surface area contributed by atoms with E-state index in [9.17, 15) is 0 Å². The molecule has 0 spiro atoms. The number of ether oxygens (including phenoxy) is 3. The van der Waals surface area contributed by atoms with Gasteiger partial charge in [0.1, 0.15) is 18.0 Å². The third-order valence-corrected chi connectivity index (χ3v) is 3.48. The average Bonchev–Trinajstić information content (AvgIpc) is 3.25. The first-order valence-electron chi connectivity index (χ1n) is 7.21. The minimum atomic E-state index is -0.0429. The molecule has 3 heteroatoms. The molecule has 2 aromatic carbocycles. The highest BCUT2D eigenvalue weighted by molar-refractivity contribution is 5.27. The van der Waals surface area contributed by atoms with Crippen LogP contribution in [0.5, 0.6) is 5.75 Å². The lowest BCUT2D eigenvalue weighted by molar-refractivity contribution is 0.0742. The molecule has 21 heavy (non-hydrogen) atoms. The van der Waals surface area contributed by atoms with Gasteiger partial charge in [-0.3, -0.25) is 0 Å². The van der Waals surface area contributed by atoms with Gasteiger partial charge in [0.15, 0.2) is 0 Å². The van der Waals surface area contributed by atoms with E-state index in [1.807, 2.05) is 42.5 Å². The summed E-state index contributed by atoms with van der Waals surface area (Å²) in [5.41, 5.74) is 2.27. The molecule has 1 atom stereocenters. The minimum Gasteiger partial charge on any atom is -0.489 e. The van der Waals surface area contributed by atoms with Gasteiger partial charge >= 0.3 is 0 Å². The standard InChI is InChI=1S/C18H20O3/c1-18(14-21-18)13-19-11-16-7-9-17(10-8-16)20-12-15-5-3-2-4-6-15/h2-10H,11-14H2,1H3/t18-/m0/s1. The topological polar surface area (TPSA) is 31.0 Å². The molecule has 1 aliphatic rings. The van der Waals surface area contributed by atoms with Gasteiger partial charge in [0, 0.05) is 0 Å². The number of hydrogen-bond acceptors (Lipinski definition) is 3. The summed E-state index contributed by atoms with van der Waals surface area (Å²) in [7, 11) is 0. The fraction of sp³-hybridized carbons (Fsp3) is 0.333. The molecule has 0 amide bonds. The molecule has 0 aliphatic carbocycles. The van der Waals surface area contributed by atoms with Crippen molar-refractivity contribution in [2.45, 2.75) is 25.7 Å². The molecule has 0 bridgehead atoms. The van der Waals surface area contributed by atoms with Crippen LogP contribution < -0.4 is 4.74 Å². The molecule has 0 N–H and O–H groups in total. The quantitative estimate of drug-likeness (QED) is 0.728. The lowest BCUT2D eigenvalue weighted by Gasteiger charge is -2.09. The highest BCUT2D eigenvalue weighted by atomic mass is 16.6. The maximum absolute atomic E-state index is 5.75. The van der Waals surface area contributed by atoms with Crippen LogP contribution in [0, 0.1) is 0 Å². The Balaban J connectivity index is 1.45. The fourth-order valence-electron chi connectivity index (χ4n) is 2.01. The smallest absolute Gasteiger partial charge is 0.119 e. The molecule has 0 aromatic heterocycles. The highest BCUT2D eigenvalue weighted by Gasteiger charge is 2.39. The van der Waals surface area contributed by atoms with Crippen molar-refractivity contribution in [1.29, 1.82) is 0 Å². The number of rotatable bonds is 7. The van der Waals surface area contributed by atoms with E-state index in [0.717, 1.165) is 17.9 Å². The van der Waals surface area contributed by atoms with Crippen LogP contribution in [0.4, 0.5) is 0 Å². The summed E-state index contributed by atoms with van der Waals surface area (Å²) in [5.74, 6) is 0.875. The summed E-state index contributed by atoms with van der Waals surface area (Å²) in [6, 6.07) is 18.2. The Kier molecular flexibility index (Phi) is 4.23. The van der Waals surface area contributed by atoms with Gasteiger partial charge in [-0.1, -0.05) is 42.5 Å². The second kappa shape index (κ2) is 6.29. The van der Waals surface area contributed by atoms with Gasteiger partial charge in [0.25, 0.3) is 0 Å². The van der Waals surface area contributed by atoms with Crippen LogP contribution in [0.3, 0.4) is 0 Å². The van der Waals surface area contributed by atoms with Gasteiger partial charge in [0.2, 0.25) is 0 Å². The Morgan fingerprint density at radius 1 is 0.952 bits per heavy atom. The van der Waals surface area contributed by atoms with Crippen LogP contribution in [-0.2, 0) is 22.7 Å². The molecular weight excluding hydrogens is 264 g/mol. The summed E-state index contributed by atoms with van der Waals surface area (Å²) in [4.78, 5) is 0. The van der Waals surface area contributed by atoms with E-state index in [1.165, 1.54) is 5.56 Å². The maximum Gasteiger partial charge on any atom is 0.119 e. The lowest BCUT2D eigenvalue weighted by Crippen LogP contribution is -2.14. The molecule has 3 rings (SSSR count). The van der Waals surface area contributed by atoms with Crippen molar-refractivity contribution in [3.05, 3.63) is 65.7 Å². The van der Waals surface area contributed by atoms with Crippen molar-refractivity contribution in [2.24, 2.45) is 0 Å². The van der Waals surface area contributed by atoms with Gasteiger partial charge < -0.3 is 14.2 Å². The molecule has 3 nitrogen and oxygen atoms in total. The molecule has 0 saturated carbocycles. The first-order valence-corrected chi connectivity index (χ1v) is 7.21. The van der Waals surface area contributed by atoms with E-state index in [-0.39, 0.29) is 5.60 Å². The van der Waals surface area contributed by atoms with E-state index in [0.29, 0.717) is 19.8 Å². The predicted octanol–water partition coefficient (Wildman–Crippen LogP) is 3.57. The third kappa shape index (κ3) is 4.31. The number of benzene rings is 2. The summed E-state index contributed by atoms with van der Waals surface area (Å²) < 4.78 is 16.7. The number of epoxide rings is 1. The highest BCUT2D eigenvalue weighted by Crippen LogP contribution is 2.26. The third-order valence-electron chi connectivity index (χ3n) is 3.48. The molecule has 1 fully saturated rings. The van der Waals surface area contributed by atoms with Crippen molar-refractivity contribution in [2.75, 3.05) is 13.2 Å². The summed E-state index contributed by atoms with van der Waals surface area (Å²) in [5, 5.41) is 0. The van der Waals surface area contributed by atoms with Gasteiger partial charge in [-0.25, -0.2) is 0 Å². The molecular formula is C18H20O3. The van der Waals surface area contributed by atoms with Crippen LogP contribution >= 0.6 is 0 Å². The fourth-order valence-corrected chi connectivity index (χ4v) is 2.01. The first kappa shape index (κ1) is 14.1. The minimum absolute atomic E-state index is 0.0429. The van der Waals surface area contributed by atoms with Gasteiger partial charge in [-0.05, 0) is 30.2 Å². The van der Waals surface area contributed by atoms with Crippen LogP contribution in [-0.4, -0.2) is 18.8 Å². The van der Waals surface area contributed by atoms with Crippen molar-refractivity contribution < 1.29 is 14.2 Å². The Morgan fingerprint density at radius 3 is 2.29 bits per heavy atom. The zero-order chi connectivity index (χ0) is 14.5. The summed E-state index contributed by atoms with van der Waals surface area (Å²) >= 11 is 0. The first-order chi connectivity index (χ1) is 10.2. The molecule has 0 unspecified atom stereocenters. The molecule has 1 heterocycles. The van der Waals surface area contributed by atoms with E-state index in [4.69, 9.17) is 14.2 Å². The number of hydrogen-bond donors (Lipinski definition) is 0. The SMILES string of the molecule is C[C@]1(COCc2ccc(OCc3ccccc3)cc2)CO1. The second-order valence-electron chi connectivity index (χ2n) is 5.65. The second-order valence-corrected chi connectivity index (χ2v) is 5.65. The molecule has 110 valence electrons. The van der Waals surface area contributed by atoms with Crippen LogP contribution in [0.15, 0.2) is 54.6 Å². The lowest BCUT2D eigenvalue weighted by atomic mass is 10.2. The summed E-state index contributed by atoms with van der Waals surface area (Å²) in [6.07, 6.45) is 0. The zero-order valence-electron chi connectivity index (χ0n) is 12.2. The maximum atomic E-state index is 5.75. The van der Waals surface area contributed by atoms with Crippen molar-refractivity contribution >= 4 is 0 Å². The van der Waals surface area contributed by atoms with Gasteiger partial charge in [-0.15, -0.1) is 0 Å². The Bertz CT molecular complexity index is 559. The monoisotopic (exact) mass is 284 g/mol. The average molecular weight is 284 g/mol. The Hall–Kier alpha value is -1.84. The molecule has 1 saturated heterocycles. The van der Waals surface area contributed by atoms with E-state index in [1.54, 1.807) is 0 Å². The largest absolute Gasteiger partial charge is 0.489 e. The van der Waals surface area contributed by atoms with Crippen molar-refractivity contribution in [1.82, 2.24) is 0 Å². The van der Waals surface area contributed by atoms with E-state index in [2.05, 4.69) is 19.1 Å².